The Hall–Kier alpha value is -1.72. The summed E-state index contributed by atoms with van der Waals surface area (Å²) in [6.07, 6.45) is 5.69. The smallest absolute Gasteiger partial charge is 0.220 e. The van der Waals surface area contributed by atoms with Gasteiger partial charge in [-0.2, -0.15) is 0 Å². The van der Waals surface area contributed by atoms with Crippen LogP contribution in [0.1, 0.15) is 32.1 Å². The van der Waals surface area contributed by atoms with E-state index < -0.39 is 28.7 Å². The van der Waals surface area contributed by atoms with Crippen LogP contribution in [0.5, 0.6) is 0 Å². The van der Waals surface area contributed by atoms with Gasteiger partial charge in [0.25, 0.3) is 0 Å². The van der Waals surface area contributed by atoms with E-state index in [1.165, 1.54) is 6.08 Å². The van der Waals surface area contributed by atoms with Gasteiger partial charge < -0.3 is 15.3 Å². The van der Waals surface area contributed by atoms with E-state index in [9.17, 15) is 24.9 Å². The highest BCUT2D eigenvalue weighted by Crippen LogP contribution is 2.64. The quantitative estimate of drug-likeness (QED) is 0.623. The first kappa shape index (κ1) is 13.9. The number of aliphatic hydroxyl groups excluding tert-OH is 2. The minimum Gasteiger partial charge on any atom is -0.504 e. The first-order valence-electron chi connectivity index (χ1n) is 7.73. The predicted octanol–water partition coefficient (Wildman–Crippen LogP) is 1.12. The highest BCUT2D eigenvalue weighted by molar-refractivity contribution is 6.06. The van der Waals surface area contributed by atoms with Gasteiger partial charge in [-0.05, 0) is 30.9 Å². The van der Waals surface area contributed by atoms with Crippen LogP contribution >= 0.6 is 0 Å². The maximum absolute atomic E-state index is 12.2. The molecule has 0 heterocycles. The van der Waals surface area contributed by atoms with Gasteiger partial charge in [0.15, 0.2) is 11.5 Å². The molecule has 0 aromatic heterocycles. The zero-order valence-electron chi connectivity index (χ0n) is 12.1. The first-order valence-corrected chi connectivity index (χ1v) is 7.73. The Balaban J connectivity index is 2.06. The molecule has 0 aliphatic heterocycles. The molecule has 4 aliphatic rings. The molecule has 22 heavy (non-hydrogen) atoms. The van der Waals surface area contributed by atoms with Gasteiger partial charge in [0, 0.05) is 17.9 Å². The minimum atomic E-state index is -1.38. The van der Waals surface area contributed by atoms with Gasteiger partial charge >= 0.3 is 0 Å². The molecule has 0 aromatic carbocycles. The zero-order valence-corrected chi connectivity index (χ0v) is 12.1. The van der Waals surface area contributed by atoms with Crippen LogP contribution in [0, 0.1) is 11.3 Å². The summed E-state index contributed by atoms with van der Waals surface area (Å²) in [5, 5.41) is 32.4. The van der Waals surface area contributed by atoms with E-state index in [1.807, 2.05) is 6.08 Å². The standard InChI is InChI=1S/C17H18O5/c18-11-4-3-9-8-10-2-1-6-16(13(9)14(11)20)15(21)12(19)5-7-17(10,16)22/h3-4,8,10,15,20-22H,1-2,5-7H2. The second-order valence-electron chi connectivity index (χ2n) is 6.81. The molecular weight excluding hydrogens is 284 g/mol. The monoisotopic (exact) mass is 302 g/mol. The molecule has 0 amide bonds. The molecule has 4 atom stereocenters. The van der Waals surface area contributed by atoms with Crippen LogP contribution in [0.25, 0.3) is 0 Å². The number of rotatable bonds is 0. The third kappa shape index (κ3) is 1.36. The van der Waals surface area contributed by atoms with Gasteiger partial charge in [-0.1, -0.05) is 18.6 Å². The number of carbonyl (C=O) groups is 2. The molecule has 0 radical (unpaired) electrons. The number of aliphatic hydroxyl groups is 3. The Labute approximate surface area is 127 Å². The minimum absolute atomic E-state index is 0.122. The van der Waals surface area contributed by atoms with Crippen molar-refractivity contribution in [2.24, 2.45) is 11.3 Å². The number of hydrogen-bond acceptors (Lipinski definition) is 5. The molecule has 4 rings (SSSR count). The molecule has 5 nitrogen and oxygen atoms in total. The van der Waals surface area contributed by atoms with Crippen molar-refractivity contribution >= 4 is 11.6 Å². The summed E-state index contributed by atoms with van der Waals surface area (Å²) >= 11 is 0. The fraction of sp³-hybridized carbons (Fsp3) is 0.529. The van der Waals surface area contributed by atoms with E-state index in [0.29, 0.717) is 12.0 Å². The number of ketones is 2. The van der Waals surface area contributed by atoms with Crippen molar-refractivity contribution in [3.05, 3.63) is 35.1 Å². The van der Waals surface area contributed by atoms with Gasteiger partial charge in [-0.15, -0.1) is 0 Å². The maximum Gasteiger partial charge on any atom is 0.220 e. The van der Waals surface area contributed by atoms with Gasteiger partial charge in [0.1, 0.15) is 6.10 Å². The molecule has 4 aliphatic carbocycles. The van der Waals surface area contributed by atoms with Crippen LogP contribution in [-0.4, -0.2) is 38.6 Å². The van der Waals surface area contributed by atoms with Crippen LogP contribution < -0.4 is 0 Å². The van der Waals surface area contributed by atoms with Crippen LogP contribution in [0.3, 0.4) is 0 Å². The lowest BCUT2D eigenvalue weighted by Gasteiger charge is -2.61. The third-order valence-corrected chi connectivity index (χ3v) is 6.00. The Kier molecular flexibility index (Phi) is 2.64. The van der Waals surface area contributed by atoms with Gasteiger partial charge in [-0.25, -0.2) is 0 Å². The number of hydrogen-bond donors (Lipinski definition) is 3. The van der Waals surface area contributed by atoms with E-state index >= 15 is 0 Å². The van der Waals surface area contributed by atoms with Crippen molar-refractivity contribution in [2.45, 2.75) is 43.8 Å². The Bertz CT molecular complexity index is 685. The van der Waals surface area contributed by atoms with Gasteiger partial charge in [-0.3, -0.25) is 9.59 Å². The number of carbonyl (C=O) groups excluding carboxylic acids is 2. The SMILES string of the molecule is O=C1C=CC2=CC3CCCC4(C2=C1O)C(O)C(=O)CCC34O. The van der Waals surface area contributed by atoms with Crippen molar-refractivity contribution in [2.75, 3.05) is 0 Å². The molecule has 5 heteroatoms. The second-order valence-corrected chi connectivity index (χ2v) is 6.81. The lowest BCUT2D eigenvalue weighted by Crippen LogP contribution is -2.68. The lowest BCUT2D eigenvalue weighted by atomic mass is 9.45. The third-order valence-electron chi connectivity index (χ3n) is 6.00. The first-order chi connectivity index (χ1) is 10.4. The molecule has 3 N–H and O–H groups in total. The molecule has 0 saturated heterocycles. The van der Waals surface area contributed by atoms with Crippen molar-refractivity contribution in [1.29, 1.82) is 0 Å². The summed E-state index contributed by atoms with van der Waals surface area (Å²) in [5.41, 5.74) is -1.63. The number of Topliss-reactive ketones (excluding diaryl/α,β-unsaturated/α-hetero) is 1. The number of fused-ring (bicyclic) bond motifs is 1. The molecule has 4 unspecified atom stereocenters. The summed E-state index contributed by atoms with van der Waals surface area (Å²) in [5.74, 6) is -1.48. The van der Waals surface area contributed by atoms with E-state index in [1.54, 1.807) is 6.08 Å². The summed E-state index contributed by atoms with van der Waals surface area (Å²) in [6, 6.07) is 0. The van der Waals surface area contributed by atoms with Crippen LogP contribution in [0.4, 0.5) is 0 Å². The fourth-order valence-corrected chi connectivity index (χ4v) is 5.01. The average Bonchev–Trinajstić information content (AvgIpc) is 2.47. The van der Waals surface area contributed by atoms with Crippen molar-refractivity contribution in [3.63, 3.8) is 0 Å². The van der Waals surface area contributed by atoms with E-state index in [2.05, 4.69) is 0 Å². The van der Waals surface area contributed by atoms with Crippen molar-refractivity contribution in [3.8, 4) is 0 Å². The Morgan fingerprint density at radius 2 is 1.95 bits per heavy atom. The average molecular weight is 302 g/mol. The van der Waals surface area contributed by atoms with E-state index in [0.717, 1.165) is 12.8 Å². The summed E-state index contributed by atoms with van der Waals surface area (Å²) in [6.45, 7) is 0. The second kappa shape index (κ2) is 4.18. The van der Waals surface area contributed by atoms with Crippen LogP contribution in [-0.2, 0) is 9.59 Å². The largest absolute Gasteiger partial charge is 0.504 e. The fourth-order valence-electron chi connectivity index (χ4n) is 5.01. The van der Waals surface area contributed by atoms with E-state index in [-0.39, 0.29) is 30.1 Å². The van der Waals surface area contributed by atoms with E-state index in [4.69, 9.17) is 0 Å². The van der Waals surface area contributed by atoms with Crippen LogP contribution in [0.2, 0.25) is 0 Å². The maximum atomic E-state index is 12.2. The molecule has 2 bridgehead atoms. The van der Waals surface area contributed by atoms with Gasteiger partial charge in [0.05, 0.1) is 11.0 Å². The Morgan fingerprint density at radius 1 is 1.18 bits per heavy atom. The normalized spacial score (nSPS) is 43.6. The molecular formula is C17H18O5. The topological polar surface area (TPSA) is 94.8 Å². The lowest BCUT2D eigenvalue weighted by molar-refractivity contribution is -0.198. The van der Waals surface area contributed by atoms with Crippen LogP contribution in [0.15, 0.2) is 35.1 Å². The summed E-state index contributed by atoms with van der Waals surface area (Å²) in [4.78, 5) is 24.1. The Morgan fingerprint density at radius 3 is 2.73 bits per heavy atom. The molecule has 0 aromatic rings. The predicted molar refractivity (Wildman–Crippen MR) is 76.9 cm³/mol. The number of allylic oxidation sites excluding steroid dienone is 3. The molecule has 116 valence electrons. The highest BCUT2D eigenvalue weighted by atomic mass is 16.3. The van der Waals surface area contributed by atoms with Gasteiger partial charge in [0.2, 0.25) is 5.78 Å². The summed E-state index contributed by atoms with van der Waals surface area (Å²) < 4.78 is 0. The molecule has 2 fully saturated rings. The van der Waals surface area contributed by atoms with Crippen molar-refractivity contribution in [1.82, 2.24) is 0 Å². The highest BCUT2D eigenvalue weighted by Gasteiger charge is 2.68. The van der Waals surface area contributed by atoms with Crippen molar-refractivity contribution < 1.29 is 24.9 Å². The zero-order chi connectivity index (χ0) is 15.7. The molecule has 0 spiro atoms. The summed E-state index contributed by atoms with van der Waals surface area (Å²) in [7, 11) is 0. The molecule has 2 saturated carbocycles.